The highest BCUT2D eigenvalue weighted by Crippen LogP contribution is 2.36. The van der Waals surface area contributed by atoms with Gasteiger partial charge >= 0.3 is 0 Å². The average Bonchev–Trinajstić information content (AvgIpc) is 3.50. The lowest BCUT2D eigenvalue weighted by atomic mass is 9.89. The van der Waals surface area contributed by atoms with Crippen LogP contribution >= 0.6 is 34.8 Å². The van der Waals surface area contributed by atoms with Crippen LogP contribution in [-0.4, -0.2) is 29.2 Å². The molecule has 2 aliphatic rings. The van der Waals surface area contributed by atoms with Gasteiger partial charge in [0.15, 0.2) is 5.82 Å². The second-order valence-electron chi connectivity index (χ2n) is 7.68. The zero-order chi connectivity index (χ0) is 20.4. The summed E-state index contributed by atoms with van der Waals surface area (Å²) in [7, 11) is 0. The molecule has 154 valence electrons. The Balaban J connectivity index is 1.38. The number of hydrogen-bond acceptors (Lipinski definition) is 5. The summed E-state index contributed by atoms with van der Waals surface area (Å²) in [6.07, 6.45) is 6.35. The summed E-state index contributed by atoms with van der Waals surface area (Å²) >= 11 is 18.8. The van der Waals surface area contributed by atoms with E-state index >= 15 is 0 Å². The zero-order valence-electron chi connectivity index (χ0n) is 15.8. The van der Waals surface area contributed by atoms with Gasteiger partial charge in [0, 0.05) is 29.6 Å². The number of anilines is 2. The van der Waals surface area contributed by atoms with E-state index in [1.54, 1.807) is 12.3 Å². The summed E-state index contributed by atoms with van der Waals surface area (Å²) in [6.45, 7) is 1.65. The average molecular weight is 455 g/mol. The molecule has 1 aromatic carbocycles. The Labute approximate surface area is 184 Å². The largest absolute Gasteiger partial charge is 0.369 e. The molecular weight excluding hydrogens is 433 g/mol. The van der Waals surface area contributed by atoms with E-state index in [-0.39, 0.29) is 5.91 Å². The van der Waals surface area contributed by atoms with Crippen molar-refractivity contribution in [2.45, 2.75) is 38.0 Å². The van der Waals surface area contributed by atoms with E-state index in [9.17, 15) is 4.79 Å². The summed E-state index contributed by atoms with van der Waals surface area (Å²) in [5, 5.41) is 9.85. The smallest absolute Gasteiger partial charge is 0.238 e. The number of carbonyl (C=O) groups excluding carboxylic acids is 1. The lowest BCUT2D eigenvalue weighted by Gasteiger charge is -2.34. The number of rotatable bonds is 6. The van der Waals surface area contributed by atoms with Crippen molar-refractivity contribution in [3.63, 3.8) is 0 Å². The number of halogens is 3. The van der Waals surface area contributed by atoms with Crippen LogP contribution in [-0.2, 0) is 4.79 Å². The summed E-state index contributed by atoms with van der Waals surface area (Å²) in [5.74, 6) is 1.21. The van der Waals surface area contributed by atoms with Crippen molar-refractivity contribution in [2.24, 2.45) is 5.92 Å². The maximum atomic E-state index is 11.9. The molecular formula is C20H22Cl3N5O. The van der Waals surface area contributed by atoms with E-state index in [1.165, 1.54) is 5.56 Å². The topological polar surface area (TPSA) is 70.1 Å². The molecule has 0 atom stereocenters. The van der Waals surface area contributed by atoms with Gasteiger partial charge in [-0.1, -0.05) is 34.8 Å². The first-order valence-electron chi connectivity index (χ1n) is 9.76. The maximum absolute atomic E-state index is 11.9. The number of nitrogens with zero attached hydrogens (tertiary/aromatic N) is 3. The van der Waals surface area contributed by atoms with Gasteiger partial charge in [-0.15, -0.1) is 5.10 Å². The third kappa shape index (κ3) is 5.24. The third-order valence-electron chi connectivity index (χ3n) is 5.45. The minimum absolute atomic E-state index is 0.0585. The second-order valence-corrected chi connectivity index (χ2v) is 8.93. The van der Waals surface area contributed by atoms with Gasteiger partial charge in [0.05, 0.1) is 11.9 Å². The highest BCUT2D eigenvalue weighted by Gasteiger charge is 2.26. The molecule has 2 fully saturated rings. The first-order valence-corrected chi connectivity index (χ1v) is 10.9. The van der Waals surface area contributed by atoms with E-state index in [2.05, 4.69) is 25.9 Å². The van der Waals surface area contributed by atoms with Gasteiger partial charge in [0.2, 0.25) is 5.91 Å². The predicted molar refractivity (Wildman–Crippen MR) is 117 cm³/mol. The van der Waals surface area contributed by atoms with Crippen LogP contribution < -0.4 is 15.8 Å². The predicted octanol–water partition coefficient (Wildman–Crippen LogP) is 5.06. The Kier molecular flexibility index (Phi) is 6.32. The van der Waals surface area contributed by atoms with E-state index in [0.29, 0.717) is 39.1 Å². The fourth-order valence-electron chi connectivity index (χ4n) is 3.69. The zero-order valence-corrected chi connectivity index (χ0v) is 18.1. The molecule has 1 aliphatic heterocycles. The van der Waals surface area contributed by atoms with Gasteiger partial charge in [0.25, 0.3) is 0 Å². The van der Waals surface area contributed by atoms with Crippen molar-refractivity contribution in [2.75, 3.05) is 23.4 Å². The van der Waals surface area contributed by atoms with Crippen LogP contribution in [0, 0.1) is 5.92 Å². The number of benzene rings is 1. The fraction of sp³-hybridized carbons (Fsp3) is 0.450. The highest BCUT2D eigenvalue weighted by molar-refractivity contribution is 6.35. The van der Waals surface area contributed by atoms with Crippen LogP contribution in [0.15, 0.2) is 24.4 Å². The molecule has 1 saturated carbocycles. The summed E-state index contributed by atoms with van der Waals surface area (Å²) < 4.78 is 0. The first kappa shape index (κ1) is 20.5. The van der Waals surface area contributed by atoms with Crippen molar-refractivity contribution in [3.8, 4) is 0 Å². The van der Waals surface area contributed by atoms with E-state index in [4.69, 9.17) is 34.8 Å². The number of hydrazine groups is 1. The van der Waals surface area contributed by atoms with Crippen LogP contribution in [0.5, 0.6) is 0 Å². The molecule has 1 aliphatic carbocycles. The molecule has 1 saturated heterocycles. The Bertz CT molecular complexity index is 877. The molecule has 2 heterocycles. The summed E-state index contributed by atoms with van der Waals surface area (Å²) in [6, 6.07) is 5.73. The molecule has 6 nitrogen and oxygen atoms in total. The number of nitrogens with one attached hydrogen (secondary N) is 2. The Morgan fingerprint density at radius 2 is 1.76 bits per heavy atom. The second kappa shape index (κ2) is 8.94. The molecule has 0 spiro atoms. The highest BCUT2D eigenvalue weighted by atomic mass is 35.5. The molecule has 9 heteroatoms. The first-order chi connectivity index (χ1) is 14.0. The fourth-order valence-corrected chi connectivity index (χ4v) is 4.49. The third-order valence-corrected chi connectivity index (χ3v) is 6.26. The summed E-state index contributed by atoms with van der Waals surface area (Å²) in [4.78, 5) is 14.1. The molecule has 29 heavy (non-hydrogen) atoms. The minimum atomic E-state index is -0.0585. The quantitative estimate of drug-likeness (QED) is 0.597. The van der Waals surface area contributed by atoms with Gasteiger partial charge in [0.1, 0.15) is 5.02 Å². The minimum Gasteiger partial charge on any atom is -0.369 e. The molecule has 0 bridgehead atoms. The van der Waals surface area contributed by atoms with Gasteiger partial charge in [-0.05, 0) is 61.3 Å². The molecule has 1 amide bonds. The SMILES string of the molecule is O=C(CC1CC1)NNc1nncc(N2CCC(c3cc(Cl)cc(Cl)c3)CC2)c1Cl. The standard InChI is InChI=1S/C20H22Cl3N5O/c21-15-8-14(9-16(22)10-15)13-3-5-28(6-4-13)17-11-24-26-20(19(17)23)27-25-18(29)7-12-1-2-12/h8-13H,1-7H2,(H,25,29)(H,26,27). The van der Waals surface area contributed by atoms with Crippen molar-refractivity contribution >= 4 is 52.2 Å². The van der Waals surface area contributed by atoms with E-state index < -0.39 is 0 Å². The number of hydrogen-bond donors (Lipinski definition) is 2. The van der Waals surface area contributed by atoms with E-state index in [0.717, 1.165) is 44.5 Å². The molecule has 0 unspecified atom stereocenters. The number of amides is 1. The van der Waals surface area contributed by atoms with Crippen LogP contribution in [0.4, 0.5) is 11.5 Å². The Morgan fingerprint density at radius 1 is 1.07 bits per heavy atom. The maximum Gasteiger partial charge on any atom is 0.238 e. The van der Waals surface area contributed by atoms with Crippen molar-refractivity contribution in [1.82, 2.24) is 15.6 Å². The number of aromatic nitrogens is 2. The lowest BCUT2D eigenvalue weighted by Crippen LogP contribution is -2.34. The molecule has 4 rings (SSSR count). The van der Waals surface area contributed by atoms with Crippen LogP contribution in [0.25, 0.3) is 0 Å². The molecule has 2 aromatic rings. The monoisotopic (exact) mass is 453 g/mol. The normalized spacial score (nSPS) is 17.3. The Morgan fingerprint density at radius 3 is 2.41 bits per heavy atom. The summed E-state index contributed by atoms with van der Waals surface area (Å²) in [5.41, 5.74) is 7.45. The van der Waals surface area contributed by atoms with Gasteiger partial charge in [-0.25, -0.2) is 0 Å². The number of piperidine rings is 1. The molecule has 1 aromatic heterocycles. The molecule has 0 radical (unpaired) electrons. The van der Waals surface area contributed by atoms with Crippen molar-refractivity contribution in [3.05, 3.63) is 45.0 Å². The van der Waals surface area contributed by atoms with Crippen molar-refractivity contribution < 1.29 is 4.79 Å². The number of carbonyl (C=O) groups is 1. The van der Waals surface area contributed by atoms with E-state index in [1.807, 2.05) is 12.1 Å². The lowest BCUT2D eigenvalue weighted by molar-refractivity contribution is -0.120. The van der Waals surface area contributed by atoms with Crippen molar-refractivity contribution in [1.29, 1.82) is 0 Å². The Hall–Kier alpha value is -1.76. The van der Waals surface area contributed by atoms with Crippen LogP contribution in [0.1, 0.15) is 43.6 Å². The van der Waals surface area contributed by atoms with Gasteiger partial charge in [-0.2, -0.15) is 5.10 Å². The van der Waals surface area contributed by atoms with Gasteiger partial charge in [-0.3, -0.25) is 15.6 Å². The van der Waals surface area contributed by atoms with Gasteiger partial charge < -0.3 is 4.90 Å². The van der Waals surface area contributed by atoms with Crippen LogP contribution in [0.2, 0.25) is 15.1 Å². The van der Waals surface area contributed by atoms with Crippen LogP contribution in [0.3, 0.4) is 0 Å². The molecule has 2 N–H and O–H groups in total.